The summed E-state index contributed by atoms with van der Waals surface area (Å²) in [7, 11) is -1.73. The molecule has 1 aliphatic carbocycles. The minimum atomic E-state index is -1.73. The van der Waals surface area contributed by atoms with E-state index in [4.69, 9.17) is 36.5 Å². The van der Waals surface area contributed by atoms with Crippen LogP contribution in [-0.4, -0.2) is 40.1 Å². The van der Waals surface area contributed by atoms with Crippen molar-refractivity contribution in [2.24, 2.45) is 0 Å². The Labute approximate surface area is 110 Å². The molecule has 6 heteroatoms. The van der Waals surface area contributed by atoms with Gasteiger partial charge in [0.2, 0.25) is 0 Å². The highest BCUT2D eigenvalue weighted by Gasteiger charge is 2.24. The lowest BCUT2D eigenvalue weighted by molar-refractivity contribution is 0.107. The van der Waals surface area contributed by atoms with Gasteiger partial charge in [0.05, 0.1) is 0 Å². The van der Waals surface area contributed by atoms with Crippen molar-refractivity contribution < 1.29 is 13.3 Å². The summed E-state index contributed by atoms with van der Waals surface area (Å²) in [5, 5.41) is 0.764. The minimum absolute atomic E-state index is 0.382. The zero-order valence-electron chi connectivity index (χ0n) is 10.2. The van der Waals surface area contributed by atoms with E-state index in [0.717, 1.165) is 12.8 Å². The highest BCUT2D eigenvalue weighted by molar-refractivity contribution is 6.36. The van der Waals surface area contributed by atoms with Crippen LogP contribution in [0.25, 0.3) is 0 Å². The summed E-state index contributed by atoms with van der Waals surface area (Å²) in [4.78, 5) is 0. The van der Waals surface area contributed by atoms with Crippen molar-refractivity contribution in [3.05, 3.63) is 0 Å². The fourth-order valence-electron chi connectivity index (χ4n) is 1.04. The molecule has 0 amide bonds. The summed E-state index contributed by atoms with van der Waals surface area (Å²) in [6, 6.07) is 0. The first-order valence-corrected chi connectivity index (χ1v) is 8.05. The smallest absolute Gasteiger partial charge is 0.376 e. The summed E-state index contributed by atoms with van der Waals surface area (Å²) < 4.78 is 15.7. The maximum absolute atomic E-state index is 5.56. The molecule has 16 heavy (non-hydrogen) atoms. The SMILES string of the molecule is CCO[SiH](OCC)OCC.ClC1CC(Cl)C1. The standard InChI is InChI=1S/C6H16O3Si.C4H6Cl2/c1-4-7-10(8-5-2)9-6-3;5-3-1-4(6)2-3/h10H,4-6H2,1-3H3;3-4H,1-2H2. The van der Waals surface area contributed by atoms with Gasteiger partial charge in [0.25, 0.3) is 0 Å². The number of alkyl halides is 2. The van der Waals surface area contributed by atoms with Crippen LogP contribution in [0.1, 0.15) is 33.6 Å². The van der Waals surface area contributed by atoms with Gasteiger partial charge in [0, 0.05) is 30.6 Å². The summed E-state index contributed by atoms with van der Waals surface area (Å²) >= 11 is 11.1. The molecular weight excluding hydrogens is 267 g/mol. The largest absolute Gasteiger partial charge is 0.484 e. The Bertz CT molecular complexity index is 137. The molecule has 1 fully saturated rings. The van der Waals surface area contributed by atoms with Crippen LogP contribution in [0.2, 0.25) is 0 Å². The van der Waals surface area contributed by atoms with Crippen molar-refractivity contribution in [3.63, 3.8) is 0 Å². The predicted octanol–water partition coefficient (Wildman–Crippen LogP) is 2.81. The van der Waals surface area contributed by atoms with Crippen molar-refractivity contribution in [2.75, 3.05) is 19.8 Å². The Morgan fingerprint density at radius 3 is 1.31 bits per heavy atom. The second-order valence-corrected chi connectivity index (χ2v) is 6.13. The van der Waals surface area contributed by atoms with Crippen LogP contribution in [0.3, 0.4) is 0 Å². The highest BCUT2D eigenvalue weighted by Crippen LogP contribution is 2.29. The molecule has 0 aliphatic heterocycles. The lowest BCUT2D eigenvalue weighted by atomic mass is 9.99. The third-order valence-electron chi connectivity index (χ3n) is 1.93. The van der Waals surface area contributed by atoms with Gasteiger partial charge in [0.15, 0.2) is 0 Å². The predicted molar refractivity (Wildman–Crippen MR) is 70.5 cm³/mol. The van der Waals surface area contributed by atoms with E-state index in [1.807, 2.05) is 20.8 Å². The van der Waals surface area contributed by atoms with Crippen molar-refractivity contribution in [1.82, 2.24) is 0 Å². The van der Waals surface area contributed by atoms with Crippen LogP contribution < -0.4 is 0 Å². The molecule has 1 aliphatic rings. The molecule has 3 nitrogen and oxygen atoms in total. The Kier molecular flexibility index (Phi) is 11.3. The Morgan fingerprint density at radius 1 is 0.875 bits per heavy atom. The molecule has 0 heterocycles. The van der Waals surface area contributed by atoms with Gasteiger partial charge in [-0.3, -0.25) is 0 Å². The zero-order chi connectivity index (χ0) is 12.4. The molecule has 1 rings (SSSR count). The van der Waals surface area contributed by atoms with E-state index in [-0.39, 0.29) is 0 Å². The van der Waals surface area contributed by atoms with Gasteiger partial charge >= 0.3 is 9.53 Å². The highest BCUT2D eigenvalue weighted by atomic mass is 35.5. The monoisotopic (exact) mass is 288 g/mol. The van der Waals surface area contributed by atoms with Crippen molar-refractivity contribution in [1.29, 1.82) is 0 Å². The molecule has 0 unspecified atom stereocenters. The summed E-state index contributed by atoms with van der Waals surface area (Å²) in [5.74, 6) is 0. The maximum atomic E-state index is 5.56. The van der Waals surface area contributed by atoms with E-state index >= 15 is 0 Å². The van der Waals surface area contributed by atoms with E-state index in [9.17, 15) is 0 Å². The molecule has 0 aromatic carbocycles. The lowest BCUT2D eigenvalue weighted by Gasteiger charge is -2.24. The average molecular weight is 289 g/mol. The molecule has 0 aromatic rings. The van der Waals surface area contributed by atoms with E-state index < -0.39 is 9.53 Å². The maximum Gasteiger partial charge on any atom is 0.484 e. The molecule has 0 saturated heterocycles. The molecule has 0 bridgehead atoms. The van der Waals surface area contributed by atoms with Crippen LogP contribution in [0.15, 0.2) is 0 Å². The van der Waals surface area contributed by atoms with Gasteiger partial charge in [-0.05, 0) is 33.6 Å². The third kappa shape index (κ3) is 8.79. The molecule has 98 valence electrons. The average Bonchev–Trinajstić information content (AvgIpc) is 2.18. The summed E-state index contributed by atoms with van der Waals surface area (Å²) in [5.41, 5.74) is 0. The first kappa shape index (κ1) is 16.7. The summed E-state index contributed by atoms with van der Waals surface area (Å²) in [6.45, 7) is 7.86. The van der Waals surface area contributed by atoms with Crippen LogP contribution in [-0.2, 0) is 13.3 Å². The topological polar surface area (TPSA) is 27.7 Å². The van der Waals surface area contributed by atoms with Gasteiger partial charge in [0.1, 0.15) is 0 Å². The fourth-order valence-corrected chi connectivity index (χ4v) is 3.19. The van der Waals surface area contributed by atoms with E-state index in [1.165, 1.54) is 0 Å². The first-order chi connectivity index (χ1) is 7.63. The Balaban J connectivity index is 0.000000315. The molecular formula is C10H22Cl2O3Si. The Hall–Kier alpha value is 0.677. The van der Waals surface area contributed by atoms with E-state index in [0.29, 0.717) is 30.6 Å². The van der Waals surface area contributed by atoms with Crippen molar-refractivity contribution in [3.8, 4) is 0 Å². The minimum Gasteiger partial charge on any atom is -0.376 e. The van der Waals surface area contributed by atoms with Crippen molar-refractivity contribution in [2.45, 2.75) is 44.4 Å². The molecule has 0 radical (unpaired) electrons. The van der Waals surface area contributed by atoms with E-state index in [1.54, 1.807) is 0 Å². The summed E-state index contributed by atoms with van der Waals surface area (Å²) in [6.07, 6.45) is 2.01. The Morgan fingerprint density at radius 2 is 1.19 bits per heavy atom. The lowest BCUT2D eigenvalue weighted by Crippen LogP contribution is -2.27. The van der Waals surface area contributed by atoms with Crippen LogP contribution in [0, 0.1) is 0 Å². The molecule has 0 N–H and O–H groups in total. The second kappa shape index (κ2) is 10.8. The van der Waals surface area contributed by atoms with Gasteiger partial charge < -0.3 is 13.3 Å². The van der Waals surface area contributed by atoms with E-state index in [2.05, 4.69) is 0 Å². The van der Waals surface area contributed by atoms with Crippen LogP contribution >= 0.6 is 23.2 Å². The van der Waals surface area contributed by atoms with Gasteiger partial charge in [-0.15, -0.1) is 23.2 Å². The van der Waals surface area contributed by atoms with Gasteiger partial charge in [-0.2, -0.15) is 0 Å². The molecule has 0 spiro atoms. The first-order valence-electron chi connectivity index (χ1n) is 5.76. The number of hydrogen-bond donors (Lipinski definition) is 0. The second-order valence-electron chi connectivity index (χ2n) is 3.32. The number of rotatable bonds is 6. The molecule has 0 aromatic heterocycles. The third-order valence-corrected chi connectivity index (χ3v) is 4.46. The quantitative estimate of drug-likeness (QED) is 0.556. The van der Waals surface area contributed by atoms with Crippen molar-refractivity contribution >= 4 is 32.7 Å². The zero-order valence-corrected chi connectivity index (χ0v) is 12.9. The van der Waals surface area contributed by atoms with Crippen LogP contribution in [0.5, 0.6) is 0 Å². The molecule has 1 saturated carbocycles. The normalized spacial score (nSPS) is 23.6. The number of halogens is 2. The number of hydrogen-bond acceptors (Lipinski definition) is 3. The molecule has 0 atom stereocenters. The van der Waals surface area contributed by atoms with Crippen LogP contribution in [0.4, 0.5) is 0 Å². The fraction of sp³-hybridized carbons (Fsp3) is 1.00. The van der Waals surface area contributed by atoms with Gasteiger partial charge in [-0.25, -0.2) is 0 Å². The van der Waals surface area contributed by atoms with Gasteiger partial charge in [-0.1, -0.05) is 0 Å².